The summed E-state index contributed by atoms with van der Waals surface area (Å²) in [6.07, 6.45) is 0.990. The number of benzene rings is 1. The van der Waals surface area contributed by atoms with Crippen molar-refractivity contribution >= 4 is 33.4 Å². The van der Waals surface area contributed by atoms with Crippen LogP contribution in [0.3, 0.4) is 0 Å². The number of rotatable bonds is 4. The Bertz CT molecular complexity index is 414. The molecule has 0 N–H and O–H groups in total. The summed E-state index contributed by atoms with van der Waals surface area (Å²) in [6, 6.07) is 5.49. The summed E-state index contributed by atoms with van der Waals surface area (Å²) >= 11 is 9.31. The summed E-state index contributed by atoms with van der Waals surface area (Å²) in [7, 11) is 1.84. The zero-order valence-electron chi connectivity index (χ0n) is 11.2. The van der Waals surface area contributed by atoms with E-state index in [1.54, 1.807) is 23.1 Å². The van der Waals surface area contributed by atoms with Gasteiger partial charge in [-0.1, -0.05) is 41.4 Å². The molecule has 0 aliphatic carbocycles. The summed E-state index contributed by atoms with van der Waals surface area (Å²) in [4.78, 5) is 14.1. The second-order valence-corrected chi connectivity index (χ2v) is 6.40. The van der Waals surface area contributed by atoms with Gasteiger partial charge in [0.15, 0.2) is 0 Å². The molecule has 100 valence electrons. The highest BCUT2D eigenvalue weighted by Gasteiger charge is 2.18. The van der Waals surface area contributed by atoms with Crippen molar-refractivity contribution in [3.05, 3.63) is 33.3 Å². The molecule has 0 saturated heterocycles. The molecule has 1 amide bonds. The maximum Gasteiger partial charge on any atom is 0.253 e. The highest BCUT2D eigenvalue weighted by molar-refractivity contribution is 9.10. The highest BCUT2D eigenvalue weighted by Crippen LogP contribution is 2.21. The van der Waals surface area contributed by atoms with Crippen molar-refractivity contribution in [2.45, 2.75) is 33.2 Å². The lowest BCUT2D eigenvalue weighted by atomic mass is 10.0. The molecule has 0 aliphatic heterocycles. The van der Waals surface area contributed by atoms with Crippen molar-refractivity contribution in [2.24, 2.45) is 5.92 Å². The van der Waals surface area contributed by atoms with Crippen LogP contribution in [0.1, 0.15) is 37.6 Å². The first-order valence-corrected chi connectivity index (χ1v) is 7.21. The predicted octanol–water partition coefficient (Wildman–Crippen LogP) is 4.61. The van der Waals surface area contributed by atoms with Gasteiger partial charge in [-0.2, -0.15) is 0 Å². The van der Waals surface area contributed by atoms with Crippen LogP contribution in [0.15, 0.2) is 22.7 Å². The van der Waals surface area contributed by atoms with E-state index in [4.69, 9.17) is 11.6 Å². The smallest absolute Gasteiger partial charge is 0.253 e. The molecule has 1 atom stereocenters. The van der Waals surface area contributed by atoms with Gasteiger partial charge in [0.1, 0.15) is 0 Å². The number of amides is 1. The molecule has 4 heteroatoms. The maximum atomic E-state index is 12.3. The average Bonchev–Trinajstić information content (AvgIpc) is 2.24. The van der Waals surface area contributed by atoms with E-state index in [1.807, 2.05) is 7.05 Å². The normalized spacial score (nSPS) is 12.6. The Morgan fingerprint density at radius 1 is 1.33 bits per heavy atom. The molecule has 1 aromatic rings. The fraction of sp³-hybridized carbons (Fsp3) is 0.500. The first-order valence-electron chi connectivity index (χ1n) is 6.04. The molecule has 0 fully saturated rings. The van der Waals surface area contributed by atoms with Crippen LogP contribution in [-0.4, -0.2) is 23.9 Å². The first kappa shape index (κ1) is 15.5. The highest BCUT2D eigenvalue weighted by atomic mass is 79.9. The summed E-state index contributed by atoms with van der Waals surface area (Å²) in [6.45, 7) is 6.38. The lowest BCUT2D eigenvalue weighted by Crippen LogP contribution is -2.35. The molecule has 0 aromatic heterocycles. The fourth-order valence-electron chi connectivity index (χ4n) is 1.92. The number of nitrogens with zero attached hydrogens (tertiary/aromatic N) is 1. The monoisotopic (exact) mass is 331 g/mol. The van der Waals surface area contributed by atoms with Gasteiger partial charge < -0.3 is 4.90 Å². The molecule has 0 spiro atoms. The third-order valence-corrected chi connectivity index (χ3v) is 3.58. The largest absolute Gasteiger partial charge is 0.339 e. The summed E-state index contributed by atoms with van der Waals surface area (Å²) in [5.41, 5.74) is 0.618. The number of hydrogen-bond acceptors (Lipinski definition) is 1. The summed E-state index contributed by atoms with van der Waals surface area (Å²) in [5, 5.41) is 0.567. The van der Waals surface area contributed by atoms with Crippen LogP contribution in [-0.2, 0) is 0 Å². The van der Waals surface area contributed by atoms with Gasteiger partial charge in [0, 0.05) is 28.1 Å². The van der Waals surface area contributed by atoms with Crippen LogP contribution in [0.25, 0.3) is 0 Å². The van der Waals surface area contributed by atoms with Crippen molar-refractivity contribution in [1.29, 1.82) is 0 Å². The zero-order valence-corrected chi connectivity index (χ0v) is 13.5. The Hall–Kier alpha value is -0.540. The van der Waals surface area contributed by atoms with Gasteiger partial charge in [0.2, 0.25) is 0 Å². The van der Waals surface area contributed by atoms with Crippen LogP contribution in [0.5, 0.6) is 0 Å². The Balaban J connectivity index is 2.86. The average molecular weight is 333 g/mol. The third-order valence-electron chi connectivity index (χ3n) is 2.90. The minimum atomic E-state index is 0.00588. The van der Waals surface area contributed by atoms with Crippen molar-refractivity contribution < 1.29 is 4.79 Å². The minimum Gasteiger partial charge on any atom is -0.339 e. The van der Waals surface area contributed by atoms with E-state index in [-0.39, 0.29) is 11.9 Å². The van der Waals surface area contributed by atoms with Gasteiger partial charge >= 0.3 is 0 Å². The molecule has 0 radical (unpaired) electrons. The topological polar surface area (TPSA) is 20.3 Å². The molecule has 0 aliphatic rings. The van der Waals surface area contributed by atoms with Crippen molar-refractivity contribution in [2.75, 3.05) is 7.05 Å². The number of halogens is 2. The van der Waals surface area contributed by atoms with Crippen LogP contribution in [0.2, 0.25) is 5.02 Å². The number of hydrogen-bond donors (Lipinski definition) is 0. The van der Waals surface area contributed by atoms with E-state index >= 15 is 0 Å². The van der Waals surface area contributed by atoms with Crippen LogP contribution in [0, 0.1) is 5.92 Å². The Morgan fingerprint density at radius 3 is 2.44 bits per heavy atom. The Kier molecular flexibility index (Phi) is 5.67. The molecule has 0 heterocycles. The van der Waals surface area contributed by atoms with Gasteiger partial charge in [0.25, 0.3) is 5.91 Å². The van der Waals surface area contributed by atoms with E-state index in [2.05, 4.69) is 36.7 Å². The van der Waals surface area contributed by atoms with Crippen molar-refractivity contribution in [3.8, 4) is 0 Å². The first-order chi connectivity index (χ1) is 8.31. The summed E-state index contributed by atoms with van der Waals surface area (Å²) in [5.74, 6) is 0.577. The Morgan fingerprint density at radius 2 is 1.94 bits per heavy atom. The molecule has 18 heavy (non-hydrogen) atoms. The van der Waals surface area contributed by atoms with E-state index in [0.717, 1.165) is 10.9 Å². The molecular weight excluding hydrogens is 314 g/mol. The molecule has 1 unspecified atom stereocenters. The summed E-state index contributed by atoms with van der Waals surface area (Å²) < 4.78 is 0.822. The fourth-order valence-corrected chi connectivity index (χ4v) is 2.78. The van der Waals surface area contributed by atoms with E-state index < -0.39 is 0 Å². The Labute approximate surface area is 122 Å². The van der Waals surface area contributed by atoms with Gasteiger partial charge in [-0.25, -0.2) is 0 Å². The van der Waals surface area contributed by atoms with Gasteiger partial charge in [0.05, 0.1) is 0 Å². The zero-order chi connectivity index (χ0) is 13.9. The van der Waals surface area contributed by atoms with Gasteiger partial charge in [-0.05, 0) is 37.5 Å². The SMILES string of the molecule is CC(C)CC(C)N(C)C(=O)c1cc(Cl)cc(Br)c1. The molecule has 1 rings (SSSR count). The number of carbonyl (C=O) groups is 1. The van der Waals surface area contributed by atoms with Crippen molar-refractivity contribution in [1.82, 2.24) is 4.90 Å². The molecule has 1 aromatic carbocycles. The molecule has 0 bridgehead atoms. The van der Waals surface area contributed by atoms with E-state index in [1.165, 1.54) is 0 Å². The van der Waals surface area contributed by atoms with Gasteiger partial charge in [-0.3, -0.25) is 4.79 Å². The predicted molar refractivity (Wildman–Crippen MR) is 80.2 cm³/mol. The maximum absolute atomic E-state index is 12.3. The lowest BCUT2D eigenvalue weighted by molar-refractivity contribution is 0.0728. The molecular formula is C14H19BrClNO. The molecule has 0 saturated carbocycles. The van der Waals surface area contributed by atoms with Crippen LogP contribution in [0.4, 0.5) is 0 Å². The van der Waals surface area contributed by atoms with E-state index in [0.29, 0.717) is 16.5 Å². The van der Waals surface area contributed by atoms with Gasteiger partial charge in [-0.15, -0.1) is 0 Å². The third kappa shape index (κ3) is 4.29. The minimum absolute atomic E-state index is 0.00588. The van der Waals surface area contributed by atoms with Crippen LogP contribution < -0.4 is 0 Å². The van der Waals surface area contributed by atoms with Crippen molar-refractivity contribution in [3.63, 3.8) is 0 Å². The second-order valence-electron chi connectivity index (χ2n) is 5.05. The standard InChI is InChI=1S/C14H19BrClNO/c1-9(2)5-10(3)17(4)14(18)11-6-12(15)8-13(16)7-11/h6-10H,5H2,1-4H3. The van der Waals surface area contributed by atoms with Crippen LogP contribution >= 0.6 is 27.5 Å². The quantitative estimate of drug-likeness (QED) is 0.788. The second kappa shape index (κ2) is 6.58. The number of carbonyl (C=O) groups excluding carboxylic acids is 1. The lowest BCUT2D eigenvalue weighted by Gasteiger charge is -2.26. The molecule has 2 nitrogen and oxygen atoms in total. The van der Waals surface area contributed by atoms with E-state index in [9.17, 15) is 4.79 Å².